The number of carbonyl (C=O) groups is 1. The monoisotopic (exact) mass is 487 g/mol. The van der Waals surface area contributed by atoms with Crippen LogP contribution in [0.25, 0.3) is 16.9 Å². The average Bonchev–Trinajstić information content (AvgIpc) is 3.45. The smallest absolute Gasteiger partial charge is 0.475 e. The summed E-state index contributed by atoms with van der Waals surface area (Å²) in [6.07, 6.45) is 1.09. The Bertz CT molecular complexity index is 1280. The molecule has 3 aromatic heterocycles. The van der Waals surface area contributed by atoms with Crippen molar-refractivity contribution in [2.24, 2.45) is 7.05 Å². The third kappa shape index (κ3) is 6.01. The summed E-state index contributed by atoms with van der Waals surface area (Å²) in [5.41, 5.74) is 4.13. The fraction of sp³-hybridized carbons (Fsp3) is 0.348. The largest absolute Gasteiger partial charge is 0.490 e. The molecule has 12 heteroatoms. The first-order valence-corrected chi connectivity index (χ1v) is 11.0. The molecule has 1 saturated heterocycles. The average molecular weight is 487 g/mol. The van der Waals surface area contributed by atoms with Crippen molar-refractivity contribution in [3.05, 3.63) is 66.2 Å². The zero-order chi connectivity index (χ0) is 25.0. The van der Waals surface area contributed by atoms with Gasteiger partial charge in [-0.05, 0) is 38.1 Å². The van der Waals surface area contributed by atoms with E-state index in [1.54, 1.807) is 0 Å². The predicted octanol–water partition coefficient (Wildman–Crippen LogP) is 3.54. The minimum absolute atomic E-state index is 0.388. The van der Waals surface area contributed by atoms with Gasteiger partial charge in [0, 0.05) is 36.8 Å². The first kappa shape index (κ1) is 24.3. The van der Waals surface area contributed by atoms with E-state index >= 15 is 0 Å². The van der Waals surface area contributed by atoms with Gasteiger partial charge in [-0.1, -0.05) is 30.3 Å². The van der Waals surface area contributed by atoms with Crippen molar-refractivity contribution in [3.8, 4) is 11.3 Å². The highest BCUT2D eigenvalue weighted by Crippen LogP contribution is 2.28. The van der Waals surface area contributed by atoms with E-state index in [1.165, 1.54) is 5.56 Å². The molecule has 184 valence electrons. The molecule has 0 bridgehead atoms. The Morgan fingerprint density at radius 2 is 1.77 bits per heavy atom. The van der Waals surface area contributed by atoms with Crippen LogP contribution in [0.5, 0.6) is 0 Å². The summed E-state index contributed by atoms with van der Waals surface area (Å²) in [5, 5.41) is 25.1. The SMILES string of the molecule is Cn1cc(CN2CCC(c3nnc4ccc(-c5ccccc5)nn34)CC2)cn1.O=C(O)C(F)(F)F. The molecule has 0 saturated carbocycles. The number of piperidine rings is 1. The lowest BCUT2D eigenvalue weighted by atomic mass is 9.96. The highest BCUT2D eigenvalue weighted by Gasteiger charge is 2.38. The molecule has 1 aliphatic heterocycles. The van der Waals surface area contributed by atoms with Gasteiger partial charge >= 0.3 is 12.1 Å². The van der Waals surface area contributed by atoms with Crippen LogP contribution in [0.4, 0.5) is 13.2 Å². The van der Waals surface area contributed by atoms with Gasteiger partial charge in [0.2, 0.25) is 0 Å². The van der Waals surface area contributed by atoms with Gasteiger partial charge in [-0.25, -0.2) is 4.79 Å². The van der Waals surface area contributed by atoms with E-state index in [-0.39, 0.29) is 0 Å². The second-order valence-corrected chi connectivity index (χ2v) is 8.29. The van der Waals surface area contributed by atoms with Gasteiger partial charge in [-0.2, -0.15) is 27.9 Å². The Morgan fingerprint density at radius 1 is 1.09 bits per heavy atom. The number of nitrogens with zero attached hydrogens (tertiary/aromatic N) is 7. The van der Waals surface area contributed by atoms with Gasteiger partial charge in [0.25, 0.3) is 0 Å². The molecule has 1 fully saturated rings. The van der Waals surface area contributed by atoms with Gasteiger partial charge in [0.05, 0.1) is 11.9 Å². The lowest BCUT2D eigenvalue weighted by Crippen LogP contribution is -2.33. The molecular weight excluding hydrogens is 463 g/mol. The summed E-state index contributed by atoms with van der Waals surface area (Å²) in [5.74, 6) is -1.39. The summed E-state index contributed by atoms with van der Waals surface area (Å²) < 4.78 is 35.5. The minimum Gasteiger partial charge on any atom is -0.475 e. The Balaban J connectivity index is 0.000000364. The highest BCUT2D eigenvalue weighted by molar-refractivity contribution is 5.73. The number of carboxylic acids is 1. The number of hydrogen-bond donors (Lipinski definition) is 1. The summed E-state index contributed by atoms with van der Waals surface area (Å²) in [7, 11) is 1.96. The molecule has 1 aromatic carbocycles. The first-order chi connectivity index (χ1) is 16.7. The van der Waals surface area contributed by atoms with Crippen LogP contribution in [-0.2, 0) is 18.4 Å². The quantitative estimate of drug-likeness (QED) is 0.470. The van der Waals surface area contributed by atoms with Crippen LogP contribution < -0.4 is 0 Å². The van der Waals surface area contributed by atoms with Crippen molar-refractivity contribution < 1.29 is 23.1 Å². The molecule has 0 spiro atoms. The summed E-state index contributed by atoms with van der Waals surface area (Å²) in [6, 6.07) is 14.3. The Morgan fingerprint density at radius 3 is 2.37 bits per heavy atom. The third-order valence-electron chi connectivity index (χ3n) is 5.72. The van der Waals surface area contributed by atoms with E-state index in [4.69, 9.17) is 15.0 Å². The summed E-state index contributed by atoms with van der Waals surface area (Å²) in [6.45, 7) is 3.05. The molecule has 5 rings (SSSR count). The van der Waals surface area contributed by atoms with Crippen molar-refractivity contribution in [1.82, 2.24) is 34.5 Å². The Hall–Kier alpha value is -3.80. The second-order valence-electron chi connectivity index (χ2n) is 8.29. The zero-order valence-corrected chi connectivity index (χ0v) is 18.9. The molecule has 0 aliphatic carbocycles. The van der Waals surface area contributed by atoms with E-state index in [0.717, 1.165) is 55.2 Å². The molecule has 0 amide bonds. The topological polar surface area (TPSA) is 101 Å². The molecule has 35 heavy (non-hydrogen) atoms. The predicted molar refractivity (Wildman–Crippen MR) is 120 cm³/mol. The number of aryl methyl sites for hydroxylation is 1. The van der Waals surface area contributed by atoms with Gasteiger partial charge < -0.3 is 5.11 Å². The minimum atomic E-state index is -5.08. The highest BCUT2D eigenvalue weighted by atomic mass is 19.4. The number of likely N-dealkylation sites (tertiary alicyclic amines) is 1. The van der Waals surface area contributed by atoms with Gasteiger partial charge in [0.15, 0.2) is 11.5 Å². The summed E-state index contributed by atoms with van der Waals surface area (Å²) in [4.78, 5) is 11.4. The van der Waals surface area contributed by atoms with Gasteiger partial charge in [-0.3, -0.25) is 9.58 Å². The molecule has 0 atom stereocenters. The van der Waals surface area contributed by atoms with Crippen LogP contribution in [0.2, 0.25) is 0 Å². The van der Waals surface area contributed by atoms with Crippen LogP contribution in [-0.4, -0.2) is 64.8 Å². The molecular formula is C23H24F3N7O2. The van der Waals surface area contributed by atoms with Crippen LogP contribution in [0.1, 0.15) is 30.1 Å². The number of alkyl halides is 3. The fourth-order valence-electron chi connectivity index (χ4n) is 3.98. The van der Waals surface area contributed by atoms with Gasteiger partial charge in [-0.15, -0.1) is 10.2 Å². The number of hydrogen-bond acceptors (Lipinski definition) is 6. The maximum absolute atomic E-state index is 10.6. The number of rotatable bonds is 4. The number of aromatic nitrogens is 6. The number of carboxylic acid groups (broad SMARTS) is 1. The van der Waals surface area contributed by atoms with Crippen molar-refractivity contribution in [3.63, 3.8) is 0 Å². The molecule has 4 heterocycles. The van der Waals surface area contributed by atoms with Crippen LogP contribution >= 0.6 is 0 Å². The van der Waals surface area contributed by atoms with Crippen LogP contribution in [0, 0.1) is 0 Å². The maximum Gasteiger partial charge on any atom is 0.490 e. The van der Waals surface area contributed by atoms with E-state index in [0.29, 0.717) is 5.92 Å². The Labute approximate surface area is 198 Å². The second kappa shape index (κ2) is 10.2. The summed E-state index contributed by atoms with van der Waals surface area (Å²) >= 11 is 0. The fourth-order valence-corrected chi connectivity index (χ4v) is 3.98. The number of fused-ring (bicyclic) bond motifs is 1. The lowest BCUT2D eigenvalue weighted by molar-refractivity contribution is -0.192. The standard InChI is InChI=1S/C21H23N7.C2HF3O2/c1-26-14-16(13-22-26)15-27-11-9-18(10-12-27)21-24-23-20-8-7-19(25-28(20)21)17-5-3-2-4-6-17;3-2(4,5)1(6)7/h2-8,13-14,18H,9-12,15H2,1H3;(H,6,7). The van der Waals surface area contributed by atoms with Gasteiger partial charge in [0.1, 0.15) is 0 Å². The van der Waals surface area contributed by atoms with Crippen molar-refractivity contribution in [2.45, 2.75) is 31.5 Å². The Kier molecular flexibility index (Phi) is 7.10. The van der Waals surface area contributed by atoms with E-state index in [1.807, 2.05) is 52.8 Å². The molecule has 4 aromatic rings. The zero-order valence-electron chi connectivity index (χ0n) is 18.9. The van der Waals surface area contributed by atoms with Crippen molar-refractivity contribution in [2.75, 3.05) is 13.1 Å². The maximum atomic E-state index is 10.6. The number of halogens is 3. The van der Waals surface area contributed by atoms with Crippen molar-refractivity contribution in [1.29, 1.82) is 0 Å². The van der Waals surface area contributed by atoms with Crippen molar-refractivity contribution >= 4 is 11.6 Å². The number of aliphatic carboxylic acids is 1. The van der Waals surface area contributed by atoms with E-state index < -0.39 is 12.1 Å². The van der Waals surface area contributed by atoms with E-state index in [2.05, 4.69) is 38.5 Å². The van der Waals surface area contributed by atoms with Crippen LogP contribution in [0.15, 0.2) is 54.9 Å². The first-order valence-electron chi connectivity index (χ1n) is 11.0. The molecule has 1 N–H and O–H groups in total. The normalized spacial score (nSPS) is 15.1. The molecule has 0 radical (unpaired) electrons. The molecule has 9 nitrogen and oxygen atoms in total. The lowest BCUT2D eigenvalue weighted by Gasteiger charge is -2.30. The number of benzene rings is 1. The molecule has 1 aliphatic rings. The third-order valence-corrected chi connectivity index (χ3v) is 5.72. The van der Waals surface area contributed by atoms with E-state index in [9.17, 15) is 13.2 Å². The van der Waals surface area contributed by atoms with Crippen LogP contribution in [0.3, 0.4) is 0 Å². The molecule has 0 unspecified atom stereocenters.